The molecule has 1 aliphatic heterocycles. The van der Waals surface area contributed by atoms with E-state index in [0.29, 0.717) is 19.3 Å². The van der Waals surface area contributed by atoms with Gasteiger partial charge in [-0.1, -0.05) is 0 Å². The summed E-state index contributed by atoms with van der Waals surface area (Å²) in [5.74, 6) is -0.501. The zero-order chi connectivity index (χ0) is 10.7. The van der Waals surface area contributed by atoms with Gasteiger partial charge in [0.25, 0.3) is 0 Å². The molecule has 0 radical (unpaired) electrons. The topological polar surface area (TPSA) is 83.6 Å². The lowest BCUT2D eigenvalue weighted by molar-refractivity contribution is -0.149. The second-order valence-electron chi connectivity index (χ2n) is 3.67. The standard InChI is InChI=1S/C9H16N2O3/c1-6(12)4-5-11-8(13)3-2-7(10)9(11)14/h6-7,12H,2-5,10H2,1H3. The van der Waals surface area contributed by atoms with Gasteiger partial charge in [0.1, 0.15) is 0 Å². The highest BCUT2D eigenvalue weighted by Gasteiger charge is 2.31. The monoisotopic (exact) mass is 200 g/mol. The average Bonchev–Trinajstić information content (AvgIpc) is 2.11. The Bertz CT molecular complexity index is 240. The van der Waals surface area contributed by atoms with Gasteiger partial charge in [-0.05, 0) is 19.8 Å². The molecule has 80 valence electrons. The van der Waals surface area contributed by atoms with E-state index in [2.05, 4.69) is 0 Å². The number of nitrogens with zero attached hydrogens (tertiary/aromatic N) is 1. The van der Waals surface area contributed by atoms with Crippen LogP contribution in [0.15, 0.2) is 0 Å². The van der Waals surface area contributed by atoms with E-state index >= 15 is 0 Å². The van der Waals surface area contributed by atoms with Crippen molar-refractivity contribution in [2.75, 3.05) is 6.54 Å². The Morgan fingerprint density at radius 2 is 2.29 bits per heavy atom. The van der Waals surface area contributed by atoms with Gasteiger partial charge >= 0.3 is 0 Å². The molecule has 0 aliphatic carbocycles. The number of aliphatic hydroxyl groups is 1. The molecule has 0 bridgehead atoms. The van der Waals surface area contributed by atoms with Crippen molar-refractivity contribution in [3.8, 4) is 0 Å². The number of likely N-dealkylation sites (tertiary alicyclic amines) is 1. The van der Waals surface area contributed by atoms with E-state index < -0.39 is 12.1 Å². The highest BCUT2D eigenvalue weighted by Crippen LogP contribution is 2.12. The molecule has 2 amide bonds. The van der Waals surface area contributed by atoms with Crippen LogP contribution < -0.4 is 5.73 Å². The third-order valence-corrected chi connectivity index (χ3v) is 2.32. The third kappa shape index (κ3) is 2.52. The molecule has 5 heteroatoms. The fourth-order valence-corrected chi connectivity index (χ4v) is 1.41. The van der Waals surface area contributed by atoms with Crippen molar-refractivity contribution < 1.29 is 14.7 Å². The van der Waals surface area contributed by atoms with E-state index in [9.17, 15) is 9.59 Å². The zero-order valence-electron chi connectivity index (χ0n) is 8.27. The van der Waals surface area contributed by atoms with E-state index in [0.717, 1.165) is 4.90 Å². The smallest absolute Gasteiger partial charge is 0.246 e. The van der Waals surface area contributed by atoms with E-state index in [-0.39, 0.29) is 18.4 Å². The van der Waals surface area contributed by atoms with Crippen LogP contribution in [0.2, 0.25) is 0 Å². The van der Waals surface area contributed by atoms with Crippen LogP contribution in [0, 0.1) is 0 Å². The molecule has 1 rings (SSSR count). The predicted molar refractivity (Wildman–Crippen MR) is 50.2 cm³/mol. The van der Waals surface area contributed by atoms with Gasteiger partial charge < -0.3 is 10.8 Å². The van der Waals surface area contributed by atoms with Crippen LogP contribution in [-0.2, 0) is 9.59 Å². The largest absolute Gasteiger partial charge is 0.393 e. The molecule has 1 aliphatic rings. The molecule has 5 nitrogen and oxygen atoms in total. The van der Waals surface area contributed by atoms with Crippen LogP contribution in [-0.4, -0.2) is 40.5 Å². The van der Waals surface area contributed by atoms with Gasteiger partial charge in [0.15, 0.2) is 0 Å². The van der Waals surface area contributed by atoms with Crippen molar-refractivity contribution in [3.63, 3.8) is 0 Å². The maximum absolute atomic E-state index is 11.4. The Hall–Kier alpha value is -0.940. The first-order chi connectivity index (χ1) is 6.52. The molecule has 0 aromatic carbocycles. The van der Waals surface area contributed by atoms with Crippen LogP contribution in [0.1, 0.15) is 26.2 Å². The molecule has 0 saturated carbocycles. The minimum absolute atomic E-state index is 0.183. The first-order valence-electron chi connectivity index (χ1n) is 4.80. The van der Waals surface area contributed by atoms with Crippen LogP contribution in [0.3, 0.4) is 0 Å². The molecule has 1 saturated heterocycles. The summed E-state index contributed by atoms with van der Waals surface area (Å²) in [6.45, 7) is 1.89. The Labute approximate surface area is 82.9 Å². The normalized spacial score (nSPS) is 25.4. The number of hydrogen-bond donors (Lipinski definition) is 2. The Morgan fingerprint density at radius 3 is 2.86 bits per heavy atom. The predicted octanol–water partition coefficient (Wildman–Crippen LogP) is -0.766. The number of nitrogens with two attached hydrogens (primary N) is 1. The highest BCUT2D eigenvalue weighted by atomic mass is 16.3. The molecule has 0 aromatic rings. The summed E-state index contributed by atoms with van der Waals surface area (Å²) in [4.78, 5) is 23.9. The van der Waals surface area contributed by atoms with Crippen LogP contribution in [0.25, 0.3) is 0 Å². The maximum atomic E-state index is 11.4. The van der Waals surface area contributed by atoms with Gasteiger partial charge in [-0.2, -0.15) is 0 Å². The Kier molecular flexibility index (Phi) is 3.60. The lowest BCUT2D eigenvalue weighted by Gasteiger charge is -2.28. The number of amides is 2. The SMILES string of the molecule is CC(O)CCN1C(=O)CCC(N)C1=O. The van der Waals surface area contributed by atoms with Gasteiger partial charge in [0.2, 0.25) is 11.8 Å². The Morgan fingerprint density at radius 1 is 1.64 bits per heavy atom. The second kappa shape index (κ2) is 4.52. The zero-order valence-corrected chi connectivity index (χ0v) is 8.27. The number of aliphatic hydroxyl groups excluding tert-OH is 1. The summed E-state index contributed by atoms with van der Waals surface area (Å²) in [5.41, 5.74) is 5.53. The van der Waals surface area contributed by atoms with E-state index in [1.54, 1.807) is 6.92 Å². The summed E-state index contributed by atoms with van der Waals surface area (Å²) in [7, 11) is 0. The highest BCUT2D eigenvalue weighted by molar-refractivity contribution is 6.00. The van der Waals surface area contributed by atoms with Crippen molar-refractivity contribution in [2.45, 2.75) is 38.3 Å². The summed E-state index contributed by atoms with van der Waals surface area (Å²) in [6, 6.07) is -0.554. The summed E-state index contributed by atoms with van der Waals surface area (Å²) >= 11 is 0. The van der Waals surface area contributed by atoms with Crippen LogP contribution in [0.5, 0.6) is 0 Å². The average molecular weight is 200 g/mol. The van der Waals surface area contributed by atoms with Crippen LogP contribution in [0.4, 0.5) is 0 Å². The van der Waals surface area contributed by atoms with E-state index in [4.69, 9.17) is 10.8 Å². The fourth-order valence-electron chi connectivity index (χ4n) is 1.41. The lowest BCUT2D eigenvalue weighted by atomic mass is 10.0. The Balaban J connectivity index is 2.54. The summed E-state index contributed by atoms with van der Waals surface area (Å²) < 4.78 is 0. The van der Waals surface area contributed by atoms with Gasteiger partial charge in [0.05, 0.1) is 12.1 Å². The van der Waals surface area contributed by atoms with Crippen LogP contribution >= 0.6 is 0 Å². The number of hydrogen-bond acceptors (Lipinski definition) is 4. The maximum Gasteiger partial charge on any atom is 0.246 e. The molecular formula is C9H16N2O3. The number of piperidine rings is 1. The lowest BCUT2D eigenvalue weighted by Crippen LogP contribution is -2.51. The minimum Gasteiger partial charge on any atom is -0.393 e. The molecule has 1 fully saturated rings. The quantitative estimate of drug-likeness (QED) is 0.586. The van der Waals surface area contributed by atoms with Crippen molar-refractivity contribution in [2.24, 2.45) is 5.73 Å². The van der Waals surface area contributed by atoms with Gasteiger partial charge in [0, 0.05) is 13.0 Å². The molecule has 3 N–H and O–H groups in total. The molecule has 2 atom stereocenters. The first-order valence-corrected chi connectivity index (χ1v) is 4.80. The molecule has 14 heavy (non-hydrogen) atoms. The number of carbonyl (C=O) groups excluding carboxylic acids is 2. The summed E-state index contributed by atoms with van der Waals surface area (Å²) in [6.07, 6.45) is 0.661. The van der Waals surface area contributed by atoms with Gasteiger partial charge in [-0.25, -0.2) is 0 Å². The third-order valence-electron chi connectivity index (χ3n) is 2.32. The number of imide groups is 1. The number of carbonyl (C=O) groups is 2. The number of rotatable bonds is 3. The van der Waals surface area contributed by atoms with Crippen molar-refractivity contribution in [1.82, 2.24) is 4.90 Å². The van der Waals surface area contributed by atoms with Crippen molar-refractivity contribution in [3.05, 3.63) is 0 Å². The van der Waals surface area contributed by atoms with Gasteiger partial charge in [-0.15, -0.1) is 0 Å². The van der Waals surface area contributed by atoms with Crippen molar-refractivity contribution in [1.29, 1.82) is 0 Å². The van der Waals surface area contributed by atoms with Crippen molar-refractivity contribution >= 4 is 11.8 Å². The van der Waals surface area contributed by atoms with E-state index in [1.807, 2.05) is 0 Å². The first kappa shape index (κ1) is 11.1. The second-order valence-corrected chi connectivity index (χ2v) is 3.67. The molecule has 1 heterocycles. The van der Waals surface area contributed by atoms with E-state index in [1.165, 1.54) is 0 Å². The molecule has 0 aromatic heterocycles. The minimum atomic E-state index is -0.554. The van der Waals surface area contributed by atoms with Gasteiger partial charge in [-0.3, -0.25) is 14.5 Å². The summed E-state index contributed by atoms with van der Waals surface area (Å²) in [5, 5.41) is 9.04. The fraction of sp³-hybridized carbons (Fsp3) is 0.778. The molecular weight excluding hydrogens is 184 g/mol. The molecule has 2 unspecified atom stereocenters. The molecule has 0 spiro atoms.